The van der Waals surface area contributed by atoms with Gasteiger partial charge in [0, 0.05) is 25.7 Å². The predicted molar refractivity (Wildman–Crippen MR) is 79.9 cm³/mol. The third kappa shape index (κ3) is 4.29. The van der Waals surface area contributed by atoms with Crippen LogP contribution in [-0.2, 0) is 13.1 Å². The maximum absolute atomic E-state index is 4.76. The SMILES string of the molecule is CCNCc1cccc(CN2CC(C)CCC2C)n1. The van der Waals surface area contributed by atoms with Crippen molar-refractivity contribution in [2.45, 2.75) is 52.7 Å². The topological polar surface area (TPSA) is 28.2 Å². The maximum atomic E-state index is 4.76. The zero-order chi connectivity index (χ0) is 13.7. The molecule has 106 valence electrons. The molecule has 0 saturated carbocycles. The normalized spacial score (nSPS) is 24.6. The van der Waals surface area contributed by atoms with Crippen molar-refractivity contribution in [1.29, 1.82) is 0 Å². The van der Waals surface area contributed by atoms with Crippen molar-refractivity contribution in [2.24, 2.45) is 5.92 Å². The van der Waals surface area contributed by atoms with Gasteiger partial charge >= 0.3 is 0 Å². The Bertz CT molecular complexity index is 391. The molecule has 0 bridgehead atoms. The largest absolute Gasteiger partial charge is 0.311 e. The highest BCUT2D eigenvalue weighted by Crippen LogP contribution is 2.22. The molecule has 1 saturated heterocycles. The van der Waals surface area contributed by atoms with E-state index >= 15 is 0 Å². The first-order valence-corrected chi connectivity index (χ1v) is 7.58. The summed E-state index contributed by atoms with van der Waals surface area (Å²) in [5, 5.41) is 3.34. The Morgan fingerprint density at radius 1 is 1.26 bits per heavy atom. The van der Waals surface area contributed by atoms with Crippen LogP contribution in [-0.4, -0.2) is 29.0 Å². The minimum atomic E-state index is 0.690. The zero-order valence-corrected chi connectivity index (χ0v) is 12.5. The zero-order valence-electron chi connectivity index (χ0n) is 12.5. The Morgan fingerprint density at radius 3 is 2.84 bits per heavy atom. The number of nitrogens with zero attached hydrogens (tertiary/aromatic N) is 2. The van der Waals surface area contributed by atoms with Crippen LogP contribution in [0.5, 0.6) is 0 Å². The lowest BCUT2D eigenvalue weighted by atomic mass is 9.95. The summed E-state index contributed by atoms with van der Waals surface area (Å²) in [6.45, 7) is 10.9. The average Bonchev–Trinajstić information content (AvgIpc) is 2.41. The van der Waals surface area contributed by atoms with Crippen LogP contribution in [0, 0.1) is 5.92 Å². The molecule has 2 heterocycles. The molecule has 1 aromatic heterocycles. The van der Waals surface area contributed by atoms with Crippen molar-refractivity contribution in [1.82, 2.24) is 15.2 Å². The number of hydrogen-bond acceptors (Lipinski definition) is 3. The van der Waals surface area contributed by atoms with Gasteiger partial charge < -0.3 is 5.32 Å². The Hall–Kier alpha value is -0.930. The molecule has 2 atom stereocenters. The lowest BCUT2D eigenvalue weighted by molar-refractivity contribution is 0.116. The molecule has 1 aromatic rings. The van der Waals surface area contributed by atoms with Gasteiger partial charge in [-0.15, -0.1) is 0 Å². The molecule has 3 nitrogen and oxygen atoms in total. The van der Waals surface area contributed by atoms with Gasteiger partial charge in [0.15, 0.2) is 0 Å². The van der Waals surface area contributed by atoms with Crippen molar-refractivity contribution in [2.75, 3.05) is 13.1 Å². The number of rotatable bonds is 5. The van der Waals surface area contributed by atoms with Gasteiger partial charge in [-0.2, -0.15) is 0 Å². The van der Waals surface area contributed by atoms with Crippen molar-refractivity contribution in [3.63, 3.8) is 0 Å². The second kappa shape index (κ2) is 7.01. The van der Waals surface area contributed by atoms with E-state index in [1.54, 1.807) is 0 Å². The second-order valence-electron chi connectivity index (χ2n) is 5.86. The summed E-state index contributed by atoms with van der Waals surface area (Å²) in [4.78, 5) is 7.34. The third-order valence-electron chi connectivity index (χ3n) is 4.03. The van der Waals surface area contributed by atoms with Crippen LogP contribution in [0.3, 0.4) is 0 Å². The van der Waals surface area contributed by atoms with Gasteiger partial charge in [-0.25, -0.2) is 0 Å². The standard InChI is InChI=1S/C16H27N3/c1-4-17-10-15-6-5-7-16(18-15)12-19-11-13(2)8-9-14(19)3/h5-7,13-14,17H,4,8-12H2,1-3H3. The first-order valence-electron chi connectivity index (χ1n) is 7.58. The molecular weight excluding hydrogens is 234 g/mol. The Morgan fingerprint density at radius 2 is 2.05 bits per heavy atom. The number of pyridine rings is 1. The number of aromatic nitrogens is 1. The van der Waals surface area contributed by atoms with E-state index in [1.165, 1.54) is 25.1 Å². The molecule has 1 aliphatic heterocycles. The van der Waals surface area contributed by atoms with Gasteiger partial charge in [0.2, 0.25) is 0 Å². The fourth-order valence-electron chi connectivity index (χ4n) is 2.78. The molecule has 0 aliphatic carbocycles. The van der Waals surface area contributed by atoms with E-state index in [1.807, 2.05) is 0 Å². The molecule has 2 rings (SSSR count). The van der Waals surface area contributed by atoms with Gasteiger partial charge in [-0.05, 0) is 44.4 Å². The van der Waals surface area contributed by atoms with Crippen LogP contribution >= 0.6 is 0 Å². The molecule has 3 heteroatoms. The van der Waals surface area contributed by atoms with Crippen LogP contribution in [0.2, 0.25) is 0 Å². The second-order valence-corrected chi connectivity index (χ2v) is 5.86. The molecular formula is C16H27N3. The smallest absolute Gasteiger partial charge is 0.0547 e. The number of piperidine rings is 1. The highest BCUT2D eigenvalue weighted by atomic mass is 15.2. The van der Waals surface area contributed by atoms with E-state index < -0.39 is 0 Å². The summed E-state index contributed by atoms with van der Waals surface area (Å²) in [6, 6.07) is 7.08. The fraction of sp³-hybridized carbons (Fsp3) is 0.688. The summed E-state index contributed by atoms with van der Waals surface area (Å²) in [5.41, 5.74) is 2.36. The molecule has 1 N–H and O–H groups in total. The van der Waals surface area contributed by atoms with Gasteiger partial charge in [0.25, 0.3) is 0 Å². The number of hydrogen-bond donors (Lipinski definition) is 1. The molecule has 0 spiro atoms. The molecule has 0 radical (unpaired) electrons. The van der Waals surface area contributed by atoms with E-state index in [0.717, 1.165) is 31.2 Å². The average molecular weight is 261 g/mol. The monoisotopic (exact) mass is 261 g/mol. The van der Waals surface area contributed by atoms with Crippen LogP contribution in [0.1, 0.15) is 45.0 Å². The quantitative estimate of drug-likeness (QED) is 0.883. The molecule has 0 amide bonds. The first kappa shape index (κ1) is 14.5. The van der Waals surface area contributed by atoms with E-state index in [2.05, 4.69) is 49.2 Å². The van der Waals surface area contributed by atoms with Gasteiger partial charge in [0.1, 0.15) is 0 Å². The van der Waals surface area contributed by atoms with E-state index in [9.17, 15) is 0 Å². The maximum Gasteiger partial charge on any atom is 0.0547 e. The molecule has 1 fully saturated rings. The van der Waals surface area contributed by atoms with E-state index in [0.29, 0.717) is 6.04 Å². The summed E-state index contributed by atoms with van der Waals surface area (Å²) in [7, 11) is 0. The van der Waals surface area contributed by atoms with Gasteiger partial charge in [-0.1, -0.05) is 19.9 Å². The van der Waals surface area contributed by atoms with Crippen molar-refractivity contribution in [3.05, 3.63) is 29.6 Å². The Labute approximate surface area is 117 Å². The van der Waals surface area contributed by atoms with Crippen molar-refractivity contribution in [3.8, 4) is 0 Å². The summed E-state index contributed by atoms with van der Waals surface area (Å²) < 4.78 is 0. The van der Waals surface area contributed by atoms with Gasteiger partial charge in [0.05, 0.1) is 11.4 Å². The lowest BCUT2D eigenvalue weighted by Gasteiger charge is -2.36. The summed E-state index contributed by atoms with van der Waals surface area (Å²) in [5.74, 6) is 0.821. The molecule has 0 aromatic carbocycles. The Balaban J connectivity index is 1.97. The van der Waals surface area contributed by atoms with E-state index in [-0.39, 0.29) is 0 Å². The van der Waals surface area contributed by atoms with Gasteiger partial charge in [-0.3, -0.25) is 9.88 Å². The number of likely N-dealkylation sites (tertiary alicyclic amines) is 1. The van der Waals surface area contributed by atoms with Crippen LogP contribution in [0.25, 0.3) is 0 Å². The summed E-state index contributed by atoms with van der Waals surface area (Å²) >= 11 is 0. The predicted octanol–water partition coefficient (Wildman–Crippen LogP) is 2.81. The molecule has 1 aliphatic rings. The highest BCUT2D eigenvalue weighted by molar-refractivity contribution is 5.11. The lowest BCUT2D eigenvalue weighted by Crippen LogP contribution is -2.40. The number of nitrogens with one attached hydrogen (secondary N) is 1. The van der Waals surface area contributed by atoms with E-state index in [4.69, 9.17) is 4.98 Å². The summed E-state index contributed by atoms with van der Waals surface area (Å²) in [6.07, 6.45) is 2.68. The van der Waals surface area contributed by atoms with Crippen molar-refractivity contribution < 1.29 is 0 Å². The fourth-order valence-corrected chi connectivity index (χ4v) is 2.78. The van der Waals surface area contributed by atoms with Crippen molar-refractivity contribution >= 4 is 0 Å². The minimum absolute atomic E-state index is 0.690. The van der Waals surface area contributed by atoms with Crippen LogP contribution < -0.4 is 5.32 Å². The van der Waals surface area contributed by atoms with Crippen LogP contribution in [0.15, 0.2) is 18.2 Å². The van der Waals surface area contributed by atoms with Crippen LogP contribution in [0.4, 0.5) is 0 Å². The third-order valence-corrected chi connectivity index (χ3v) is 4.03. The Kier molecular flexibility index (Phi) is 5.34. The molecule has 19 heavy (non-hydrogen) atoms. The first-order chi connectivity index (χ1) is 9.19. The molecule has 2 unspecified atom stereocenters. The highest BCUT2D eigenvalue weighted by Gasteiger charge is 2.22. The minimum Gasteiger partial charge on any atom is -0.311 e.